The van der Waals surface area contributed by atoms with Crippen LogP contribution in [-0.4, -0.2) is 34.9 Å². The normalized spacial score (nSPS) is 16.0. The summed E-state index contributed by atoms with van der Waals surface area (Å²) >= 11 is 3.11. The third-order valence-electron chi connectivity index (χ3n) is 6.85. The average Bonchev–Trinajstić information content (AvgIpc) is 3.52. The average molecular weight is 622 g/mol. The lowest BCUT2D eigenvalue weighted by atomic mass is 10.1. The second kappa shape index (κ2) is 11.0. The number of nitrogens with zero attached hydrogens (tertiary/aromatic N) is 4. The minimum Gasteiger partial charge on any atom is -1.00 e. The van der Waals surface area contributed by atoms with Crippen molar-refractivity contribution in [3.63, 3.8) is 0 Å². The van der Waals surface area contributed by atoms with Gasteiger partial charge >= 0.3 is 0 Å². The summed E-state index contributed by atoms with van der Waals surface area (Å²) in [6.45, 7) is 3.23. The number of para-hydroxylation sites is 1. The molecule has 2 aliphatic rings. The number of rotatable bonds is 5. The largest absolute Gasteiger partial charge is 1.00 e. The molecular formula is C29H25BrN4O3S2. The van der Waals surface area contributed by atoms with Crippen LogP contribution in [0.5, 0.6) is 0 Å². The van der Waals surface area contributed by atoms with Crippen LogP contribution < -0.4 is 41.2 Å². The molecule has 0 aliphatic carbocycles. The molecule has 0 saturated carbocycles. The zero-order chi connectivity index (χ0) is 26.4. The van der Waals surface area contributed by atoms with Crippen LogP contribution in [0, 0.1) is 0 Å². The number of halogens is 1. The highest BCUT2D eigenvalue weighted by atomic mass is 79.9. The Morgan fingerprint density at radius 3 is 2.26 bits per heavy atom. The van der Waals surface area contributed by atoms with Crippen molar-refractivity contribution >= 4 is 51.7 Å². The molecule has 2 aromatic heterocycles. The topological polar surface area (TPSA) is 66.5 Å². The number of anilines is 1. The smallest absolute Gasteiger partial charge is 0.271 e. The molecule has 2 aliphatic heterocycles. The van der Waals surface area contributed by atoms with Gasteiger partial charge in [-0.3, -0.25) is 23.9 Å². The number of aromatic nitrogens is 2. The Labute approximate surface area is 244 Å². The van der Waals surface area contributed by atoms with Crippen molar-refractivity contribution in [3.8, 4) is 0 Å². The van der Waals surface area contributed by atoms with E-state index >= 15 is 0 Å². The van der Waals surface area contributed by atoms with Gasteiger partial charge in [-0.05, 0) is 37.3 Å². The Morgan fingerprint density at radius 2 is 1.56 bits per heavy atom. The first-order chi connectivity index (χ1) is 18.5. The Morgan fingerprint density at radius 1 is 0.897 bits per heavy atom. The number of carbonyl (C=O) groups is 2. The Balaban J connectivity index is 0.00000308. The van der Waals surface area contributed by atoms with Gasteiger partial charge in [0.25, 0.3) is 17.4 Å². The minimum absolute atomic E-state index is 0. The SMILES string of the molecule is CCn1c(=O)/c(=C2/Sc3ccccc3N2C)s/c1=C/c1cccc[n+]1CCN1C(=O)c2ccccc2C1=O.[Br-]. The summed E-state index contributed by atoms with van der Waals surface area (Å²) in [5, 5.41) is 0.939. The third-order valence-corrected chi connectivity index (χ3v) is 9.34. The number of amides is 2. The van der Waals surface area contributed by atoms with Gasteiger partial charge in [0.05, 0.1) is 23.4 Å². The monoisotopic (exact) mass is 620 g/mol. The molecule has 0 saturated heterocycles. The first kappa shape index (κ1) is 27.1. The van der Waals surface area contributed by atoms with Gasteiger partial charge in [-0.25, -0.2) is 0 Å². The number of thioether (sulfide) groups is 1. The van der Waals surface area contributed by atoms with Gasteiger partial charge in [-0.1, -0.05) is 36.0 Å². The third kappa shape index (κ3) is 4.66. The first-order valence-corrected chi connectivity index (χ1v) is 14.0. The highest BCUT2D eigenvalue weighted by Crippen LogP contribution is 2.44. The number of thiazole rings is 1. The molecule has 0 fully saturated rings. The second-order valence-electron chi connectivity index (χ2n) is 9.02. The maximum atomic E-state index is 13.5. The van der Waals surface area contributed by atoms with Crippen LogP contribution in [0.2, 0.25) is 0 Å². The molecule has 10 heteroatoms. The summed E-state index contributed by atoms with van der Waals surface area (Å²) in [6.07, 6.45) is 3.94. The number of benzene rings is 2. The molecule has 198 valence electrons. The number of carbonyl (C=O) groups excluding carboxylic acids is 2. The number of imide groups is 1. The maximum absolute atomic E-state index is 13.5. The molecule has 39 heavy (non-hydrogen) atoms. The van der Waals surface area contributed by atoms with Gasteiger partial charge in [0.15, 0.2) is 12.7 Å². The molecule has 0 spiro atoms. The quantitative estimate of drug-likeness (QED) is 0.226. The lowest BCUT2D eigenvalue weighted by Gasteiger charge is -2.12. The molecule has 0 N–H and O–H groups in total. The number of hydrogen-bond acceptors (Lipinski definition) is 6. The van der Waals surface area contributed by atoms with Crippen molar-refractivity contribution in [2.24, 2.45) is 0 Å². The highest BCUT2D eigenvalue weighted by molar-refractivity contribution is 8.08. The van der Waals surface area contributed by atoms with Gasteiger partial charge in [0.2, 0.25) is 5.69 Å². The molecule has 0 atom stereocenters. The molecule has 2 amide bonds. The van der Waals surface area contributed by atoms with Crippen LogP contribution >= 0.6 is 23.1 Å². The number of hydrogen-bond donors (Lipinski definition) is 0. The fourth-order valence-electron chi connectivity index (χ4n) is 4.87. The van der Waals surface area contributed by atoms with Gasteiger partial charge in [-0.15, -0.1) is 11.3 Å². The van der Waals surface area contributed by atoms with E-state index in [9.17, 15) is 14.4 Å². The van der Waals surface area contributed by atoms with Gasteiger partial charge in [0.1, 0.15) is 14.2 Å². The number of fused-ring (bicyclic) bond motifs is 2. The van der Waals surface area contributed by atoms with Gasteiger partial charge < -0.3 is 21.9 Å². The minimum atomic E-state index is -0.258. The van der Waals surface area contributed by atoms with Gasteiger partial charge in [0, 0.05) is 36.7 Å². The van der Waals surface area contributed by atoms with Crippen LogP contribution in [0.15, 0.2) is 82.6 Å². The summed E-state index contributed by atoms with van der Waals surface area (Å²) in [4.78, 5) is 43.6. The van der Waals surface area contributed by atoms with Crippen molar-refractivity contribution in [2.75, 3.05) is 18.5 Å². The summed E-state index contributed by atoms with van der Waals surface area (Å²) in [7, 11) is 2.00. The zero-order valence-electron chi connectivity index (χ0n) is 21.3. The molecule has 4 aromatic rings. The van der Waals surface area contributed by atoms with Crippen molar-refractivity contribution in [1.29, 1.82) is 0 Å². The molecule has 0 radical (unpaired) electrons. The Bertz CT molecular complexity index is 1760. The molecule has 0 bridgehead atoms. The Hall–Kier alpha value is -3.47. The van der Waals surface area contributed by atoms with E-state index in [-0.39, 0.29) is 40.9 Å². The lowest BCUT2D eigenvalue weighted by Crippen LogP contribution is -3.00. The van der Waals surface area contributed by atoms with E-state index in [1.54, 1.807) is 40.6 Å². The predicted octanol–water partition coefficient (Wildman–Crippen LogP) is -0.346. The zero-order valence-corrected chi connectivity index (χ0v) is 24.6. The van der Waals surface area contributed by atoms with Crippen molar-refractivity contribution in [2.45, 2.75) is 24.9 Å². The van der Waals surface area contributed by atoms with E-state index in [1.807, 2.05) is 61.1 Å². The fraction of sp³-hybridized carbons (Fsp3) is 0.172. The molecule has 4 heterocycles. The van der Waals surface area contributed by atoms with Crippen molar-refractivity contribution < 1.29 is 31.1 Å². The fourth-order valence-corrected chi connectivity index (χ4v) is 7.33. The molecule has 2 aromatic carbocycles. The predicted molar refractivity (Wildman–Crippen MR) is 150 cm³/mol. The lowest BCUT2D eigenvalue weighted by molar-refractivity contribution is -0.697. The van der Waals surface area contributed by atoms with Crippen LogP contribution in [0.4, 0.5) is 5.69 Å². The summed E-state index contributed by atoms with van der Waals surface area (Å²) < 4.78 is 5.37. The second-order valence-corrected chi connectivity index (χ2v) is 11.1. The maximum Gasteiger partial charge on any atom is 0.271 e. The summed E-state index contributed by atoms with van der Waals surface area (Å²) in [6, 6.07) is 20.9. The van der Waals surface area contributed by atoms with Crippen molar-refractivity contribution in [1.82, 2.24) is 9.47 Å². The van der Waals surface area contributed by atoms with Crippen LogP contribution in [0.3, 0.4) is 0 Å². The van der Waals surface area contributed by atoms with E-state index in [2.05, 4.69) is 17.0 Å². The van der Waals surface area contributed by atoms with E-state index in [4.69, 9.17) is 0 Å². The highest BCUT2D eigenvalue weighted by Gasteiger charge is 2.35. The van der Waals surface area contributed by atoms with E-state index in [0.717, 1.165) is 30.5 Å². The molecular weight excluding hydrogens is 596 g/mol. The van der Waals surface area contributed by atoms with Crippen molar-refractivity contribution in [3.05, 3.63) is 109 Å². The van der Waals surface area contributed by atoms with Crippen LogP contribution in [-0.2, 0) is 13.1 Å². The van der Waals surface area contributed by atoms with Crippen LogP contribution in [0.1, 0.15) is 33.3 Å². The standard InChI is InChI=1S/C29H25N4O3S2.BrH/c1-3-32-24(38-25(28(32)36)29-30(2)22-13-6-7-14-23(22)37-29)18-19-10-8-9-15-31(19)16-17-33-26(34)20-11-4-5-12-21(20)27(33)35;/h4-15,18H,3,16-17H2,1-2H3;1H/q+1;/p-1/b29-25-;. The molecule has 7 nitrogen and oxygen atoms in total. The number of pyridine rings is 1. The molecule has 6 rings (SSSR count). The molecule has 0 unspecified atom stereocenters. The van der Waals surface area contributed by atoms with E-state index in [1.165, 1.54) is 16.2 Å². The van der Waals surface area contributed by atoms with Gasteiger partial charge in [-0.2, -0.15) is 4.57 Å². The summed E-state index contributed by atoms with van der Waals surface area (Å²) in [5.41, 5.74) is 2.90. The Kier molecular flexibility index (Phi) is 7.61. The summed E-state index contributed by atoms with van der Waals surface area (Å²) in [5.74, 6) is -0.516. The van der Waals surface area contributed by atoms with E-state index < -0.39 is 0 Å². The van der Waals surface area contributed by atoms with E-state index in [0.29, 0.717) is 24.2 Å². The first-order valence-electron chi connectivity index (χ1n) is 12.4. The van der Waals surface area contributed by atoms with Crippen LogP contribution in [0.25, 0.3) is 11.1 Å².